The maximum Gasteiger partial charge on any atom is 0.247 e. The van der Waals surface area contributed by atoms with Crippen LogP contribution in [-0.4, -0.2) is 18.5 Å². The average Bonchev–Trinajstić information content (AvgIpc) is 2.61. The number of fused-ring (bicyclic) bond motifs is 3. The number of nitrogens with zero attached hydrogens (tertiary/aromatic N) is 1. The van der Waals surface area contributed by atoms with Gasteiger partial charge in [0, 0.05) is 6.54 Å². The number of hydrogen-bond donors (Lipinski definition) is 1. The predicted octanol–water partition coefficient (Wildman–Crippen LogP) is 2.16. The van der Waals surface area contributed by atoms with E-state index in [2.05, 4.69) is 29.3 Å². The smallest absolute Gasteiger partial charge is 0.247 e. The lowest BCUT2D eigenvalue weighted by Gasteiger charge is -2.34. The molecule has 3 rings (SSSR count). The number of carbonyl (C=O) groups excluding carboxylic acids is 1. The van der Waals surface area contributed by atoms with Gasteiger partial charge in [0.2, 0.25) is 5.91 Å². The average molecular weight is 216 g/mol. The van der Waals surface area contributed by atoms with Gasteiger partial charge in [-0.2, -0.15) is 0 Å². The maximum absolute atomic E-state index is 12.0. The summed E-state index contributed by atoms with van der Waals surface area (Å²) in [7, 11) is 0. The van der Waals surface area contributed by atoms with Crippen LogP contribution in [0.2, 0.25) is 0 Å². The lowest BCUT2D eigenvalue weighted by Crippen LogP contribution is -2.46. The first-order valence-corrected chi connectivity index (χ1v) is 5.85. The Kier molecular flexibility index (Phi) is 1.96. The Balaban J connectivity index is 2.09. The van der Waals surface area contributed by atoms with E-state index < -0.39 is 0 Å². The van der Waals surface area contributed by atoms with Crippen LogP contribution >= 0.6 is 0 Å². The van der Waals surface area contributed by atoms with Gasteiger partial charge in [-0.3, -0.25) is 4.79 Å². The Labute approximate surface area is 95.4 Å². The van der Waals surface area contributed by atoms with E-state index in [1.54, 1.807) is 0 Å². The van der Waals surface area contributed by atoms with Crippen LogP contribution in [0.3, 0.4) is 0 Å². The Hall–Kier alpha value is -1.51. The van der Waals surface area contributed by atoms with Gasteiger partial charge in [-0.25, -0.2) is 0 Å². The quantitative estimate of drug-likeness (QED) is 0.720. The van der Waals surface area contributed by atoms with E-state index in [-0.39, 0.29) is 11.9 Å². The highest BCUT2D eigenvalue weighted by molar-refractivity contribution is 6.04. The minimum Gasteiger partial charge on any atom is -0.358 e. The summed E-state index contributed by atoms with van der Waals surface area (Å²) in [6.07, 6.45) is 1.10. The zero-order chi connectivity index (χ0) is 11.3. The molecule has 1 amide bonds. The van der Waals surface area contributed by atoms with Gasteiger partial charge < -0.3 is 10.2 Å². The van der Waals surface area contributed by atoms with Crippen LogP contribution in [0.25, 0.3) is 0 Å². The highest BCUT2D eigenvalue weighted by Crippen LogP contribution is 2.39. The fraction of sp³-hybridized carbons (Fsp3) is 0.462. The molecule has 1 fully saturated rings. The van der Waals surface area contributed by atoms with E-state index in [1.807, 2.05) is 13.0 Å². The van der Waals surface area contributed by atoms with Gasteiger partial charge in [-0.15, -0.1) is 0 Å². The van der Waals surface area contributed by atoms with Gasteiger partial charge in [0.1, 0.15) is 6.04 Å². The van der Waals surface area contributed by atoms with Crippen LogP contribution in [0.4, 0.5) is 11.4 Å². The van der Waals surface area contributed by atoms with E-state index in [9.17, 15) is 4.79 Å². The Morgan fingerprint density at radius 3 is 3.06 bits per heavy atom. The van der Waals surface area contributed by atoms with Crippen LogP contribution < -0.4 is 10.2 Å². The molecule has 2 atom stereocenters. The standard InChI is InChI=1S/C13H16N2O/c1-8-3-4-11-10(7-8)14-13(16)12-9(2)5-6-15(11)12/h3-4,7,9,12H,5-6H2,1-2H3,(H,14,16). The van der Waals surface area contributed by atoms with Crippen molar-refractivity contribution in [1.82, 2.24) is 0 Å². The number of amides is 1. The number of nitrogens with one attached hydrogen (secondary N) is 1. The molecule has 2 aliphatic rings. The second-order valence-electron chi connectivity index (χ2n) is 4.91. The van der Waals surface area contributed by atoms with Crippen LogP contribution in [0.1, 0.15) is 18.9 Å². The molecule has 0 aromatic heterocycles. The fourth-order valence-electron chi connectivity index (χ4n) is 2.82. The normalized spacial score (nSPS) is 27.4. The second kappa shape index (κ2) is 3.24. The van der Waals surface area contributed by atoms with Crippen LogP contribution in [0.15, 0.2) is 18.2 Å². The summed E-state index contributed by atoms with van der Waals surface area (Å²) in [5.74, 6) is 0.609. The topological polar surface area (TPSA) is 32.3 Å². The van der Waals surface area contributed by atoms with E-state index in [1.165, 1.54) is 11.3 Å². The molecule has 0 radical (unpaired) electrons. The monoisotopic (exact) mass is 216 g/mol. The number of benzene rings is 1. The second-order valence-corrected chi connectivity index (χ2v) is 4.91. The summed E-state index contributed by atoms with van der Waals surface area (Å²) in [4.78, 5) is 14.3. The first kappa shape index (κ1) is 9.70. The highest BCUT2D eigenvalue weighted by atomic mass is 16.2. The molecule has 0 spiro atoms. The van der Waals surface area contributed by atoms with Crippen molar-refractivity contribution in [3.05, 3.63) is 23.8 Å². The summed E-state index contributed by atoms with van der Waals surface area (Å²) >= 11 is 0. The van der Waals surface area contributed by atoms with Crippen molar-refractivity contribution in [2.45, 2.75) is 26.3 Å². The Morgan fingerprint density at radius 1 is 1.44 bits per heavy atom. The van der Waals surface area contributed by atoms with Crippen molar-refractivity contribution in [3.8, 4) is 0 Å². The van der Waals surface area contributed by atoms with Crippen molar-refractivity contribution < 1.29 is 4.79 Å². The van der Waals surface area contributed by atoms with Gasteiger partial charge >= 0.3 is 0 Å². The van der Waals surface area contributed by atoms with Crippen molar-refractivity contribution >= 4 is 17.3 Å². The molecule has 2 heterocycles. The zero-order valence-corrected chi connectivity index (χ0v) is 9.66. The van der Waals surface area contributed by atoms with Crippen molar-refractivity contribution in [2.75, 3.05) is 16.8 Å². The van der Waals surface area contributed by atoms with Gasteiger partial charge in [0.25, 0.3) is 0 Å². The summed E-state index contributed by atoms with van der Waals surface area (Å²) in [5, 5.41) is 3.02. The fourth-order valence-corrected chi connectivity index (χ4v) is 2.82. The number of anilines is 2. The van der Waals surface area contributed by atoms with Crippen molar-refractivity contribution in [3.63, 3.8) is 0 Å². The SMILES string of the molecule is Cc1ccc2c(c1)NC(=O)C1C(C)CCN21. The molecular weight excluding hydrogens is 200 g/mol. The molecular formula is C13H16N2O. The van der Waals surface area contributed by atoms with E-state index >= 15 is 0 Å². The summed E-state index contributed by atoms with van der Waals surface area (Å²) in [6, 6.07) is 6.31. The first-order chi connectivity index (χ1) is 7.66. The lowest BCUT2D eigenvalue weighted by molar-refractivity contribution is -0.118. The predicted molar refractivity (Wildman–Crippen MR) is 64.7 cm³/mol. The lowest BCUT2D eigenvalue weighted by atomic mass is 9.99. The summed E-state index contributed by atoms with van der Waals surface area (Å²) < 4.78 is 0. The molecule has 0 bridgehead atoms. The number of aryl methyl sites for hydroxylation is 1. The minimum atomic E-state index is 0.0372. The maximum atomic E-state index is 12.0. The largest absolute Gasteiger partial charge is 0.358 e. The molecule has 2 unspecified atom stereocenters. The molecule has 0 saturated carbocycles. The summed E-state index contributed by atoms with van der Waals surface area (Å²) in [6.45, 7) is 5.20. The number of rotatable bonds is 0. The summed E-state index contributed by atoms with van der Waals surface area (Å²) in [5.41, 5.74) is 3.33. The minimum absolute atomic E-state index is 0.0372. The molecule has 1 aromatic rings. The van der Waals surface area contributed by atoms with Gasteiger partial charge in [-0.1, -0.05) is 13.0 Å². The number of hydrogen-bond acceptors (Lipinski definition) is 2. The molecule has 2 aliphatic heterocycles. The third-order valence-electron chi connectivity index (χ3n) is 3.69. The molecule has 16 heavy (non-hydrogen) atoms. The van der Waals surface area contributed by atoms with E-state index in [0.717, 1.165) is 18.7 Å². The van der Waals surface area contributed by atoms with Crippen molar-refractivity contribution in [2.24, 2.45) is 5.92 Å². The van der Waals surface area contributed by atoms with Crippen LogP contribution in [0, 0.1) is 12.8 Å². The first-order valence-electron chi connectivity index (χ1n) is 5.85. The van der Waals surface area contributed by atoms with Gasteiger partial charge in [0.05, 0.1) is 11.4 Å². The molecule has 1 aromatic carbocycles. The third-order valence-corrected chi connectivity index (χ3v) is 3.69. The molecule has 0 aliphatic carbocycles. The van der Waals surface area contributed by atoms with Crippen LogP contribution in [0.5, 0.6) is 0 Å². The van der Waals surface area contributed by atoms with Gasteiger partial charge in [-0.05, 0) is 37.0 Å². The van der Waals surface area contributed by atoms with E-state index in [4.69, 9.17) is 0 Å². The number of carbonyl (C=O) groups is 1. The molecule has 1 N–H and O–H groups in total. The van der Waals surface area contributed by atoms with Gasteiger partial charge in [0.15, 0.2) is 0 Å². The Bertz CT molecular complexity index is 455. The van der Waals surface area contributed by atoms with Crippen LogP contribution in [-0.2, 0) is 4.79 Å². The molecule has 1 saturated heterocycles. The highest BCUT2D eigenvalue weighted by Gasteiger charge is 2.40. The molecule has 3 heteroatoms. The molecule has 3 nitrogen and oxygen atoms in total. The van der Waals surface area contributed by atoms with Crippen molar-refractivity contribution in [1.29, 1.82) is 0 Å². The van der Waals surface area contributed by atoms with E-state index in [0.29, 0.717) is 5.92 Å². The third kappa shape index (κ3) is 1.24. The molecule has 84 valence electrons. The zero-order valence-electron chi connectivity index (χ0n) is 9.66. The Morgan fingerprint density at radius 2 is 2.25 bits per heavy atom.